The third-order valence-electron chi connectivity index (χ3n) is 3.22. The van der Waals surface area contributed by atoms with Gasteiger partial charge < -0.3 is 10.2 Å². The lowest BCUT2D eigenvalue weighted by Gasteiger charge is -2.15. The van der Waals surface area contributed by atoms with Gasteiger partial charge in [0, 0.05) is 19.0 Å². The second kappa shape index (κ2) is 5.98. The number of nitrogens with zero attached hydrogens (tertiary/aromatic N) is 3. The highest BCUT2D eigenvalue weighted by Gasteiger charge is 2.09. The van der Waals surface area contributed by atoms with Gasteiger partial charge in [0.05, 0.1) is 11.2 Å². The van der Waals surface area contributed by atoms with E-state index in [-0.39, 0.29) is 0 Å². The fourth-order valence-corrected chi connectivity index (χ4v) is 2.27. The number of rotatable bonds is 6. The molecule has 2 aromatic rings. The maximum absolute atomic E-state index is 4.62. The molecular weight excluding hydrogens is 224 g/mol. The molecule has 4 nitrogen and oxygen atoms in total. The molecule has 1 heterocycles. The van der Waals surface area contributed by atoms with E-state index in [9.17, 15) is 0 Å². The van der Waals surface area contributed by atoms with E-state index in [4.69, 9.17) is 0 Å². The molecule has 0 aliphatic heterocycles. The summed E-state index contributed by atoms with van der Waals surface area (Å²) in [6.07, 6.45) is 1.16. The van der Waals surface area contributed by atoms with Crippen molar-refractivity contribution < 1.29 is 0 Å². The summed E-state index contributed by atoms with van der Waals surface area (Å²) in [7, 11) is 6.15. The zero-order chi connectivity index (χ0) is 13.0. The third-order valence-corrected chi connectivity index (χ3v) is 3.22. The van der Waals surface area contributed by atoms with Crippen LogP contribution in [-0.2, 0) is 13.6 Å². The first kappa shape index (κ1) is 13.1. The SMILES string of the molecule is CNCCCN(C)Cc1nn(C)c2ccccc12. The van der Waals surface area contributed by atoms with Crippen LogP contribution in [0.4, 0.5) is 0 Å². The molecule has 0 spiro atoms. The second-order valence-corrected chi connectivity index (χ2v) is 4.78. The van der Waals surface area contributed by atoms with Crippen LogP contribution in [0, 0.1) is 0 Å². The Kier molecular flexibility index (Phi) is 4.33. The predicted molar refractivity (Wildman–Crippen MR) is 75.6 cm³/mol. The lowest BCUT2D eigenvalue weighted by molar-refractivity contribution is 0.317. The lowest BCUT2D eigenvalue weighted by atomic mass is 10.2. The Bertz CT molecular complexity index is 503. The maximum atomic E-state index is 4.62. The van der Waals surface area contributed by atoms with Gasteiger partial charge in [-0.25, -0.2) is 0 Å². The van der Waals surface area contributed by atoms with E-state index in [1.54, 1.807) is 0 Å². The van der Waals surface area contributed by atoms with Crippen LogP contribution >= 0.6 is 0 Å². The molecule has 0 radical (unpaired) electrons. The Morgan fingerprint density at radius 1 is 1.33 bits per heavy atom. The highest BCUT2D eigenvalue weighted by Crippen LogP contribution is 2.18. The van der Waals surface area contributed by atoms with Gasteiger partial charge in [-0.2, -0.15) is 5.10 Å². The van der Waals surface area contributed by atoms with Crippen molar-refractivity contribution in [2.45, 2.75) is 13.0 Å². The topological polar surface area (TPSA) is 33.1 Å². The van der Waals surface area contributed by atoms with Crippen LogP contribution in [0.25, 0.3) is 10.9 Å². The van der Waals surface area contributed by atoms with E-state index in [0.717, 1.165) is 26.1 Å². The van der Waals surface area contributed by atoms with Crippen LogP contribution in [0.5, 0.6) is 0 Å². The molecule has 0 saturated heterocycles. The van der Waals surface area contributed by atoms with E-state index >= 15 is 0 Å². The van der Waals surface area contributed by atoms with Crippen LogP contribution in [0.3, 0.4) is 0 Å². The van der Waals surface area contributed by atoms with Crippen LogP contribution < -0.4 is 5.32 Å². The van der Waals surface area contributed by atoms with Gasteiger partial charge in [-0.3, -0.25) is 4.68 Å². The van der Waals surface area contributed by atoms with Crippen LogP contribution in [0.1, 0.15) is 12.1 Å². The van der Waals surface area contributed by atoms with Crippen molar-refractivity contribution in [3.63, 3.8) is 0 Å². The first-order valence-corrected chi connectivity index (χ1v) is 6.46. The van der Waals surface area contributed by atoms with Gasteiger partial charge in [-0.05, 0) is 39.7 Å². The van der Waals surface area contributed by atoms with Gasteiger partial charge in [-0.1, -0.05) is 18.2 Å². The number of benzene rings is 1. The summed E-state index contributed by atoms with van der Waals surface area (Å²) in [5, 5.41) is 9.06. The van der Waals surface area contributed by atoms with Crippen molar-refractivity contribution in [1.29, 1.82) is 0 Å². The molecule has 98 valence electrons. The highest BCUT2D eigenvalue weighted by molar-refractivity contribution is 5.81. The standard InChI is InChI=1S/C14H22N4/c1-15-9-6-10-17(2)11-13-12-7-4-5-8-14(12)18(3)16-13/h4-5,7-8,15H,6,9-11H2,1-3H3. The fraction of sp³-hybridized carbons (Fsp3) is 0.500. The molecular formula is C14H22N4. The largest absolute Gasteiger partial charge is 0.320 e. The summed E-state index contributed by atoms with van der Waals surface area (Å²) in [6, 6.07) is 8.41. The van der Waals surface area contributed by atoms with Crippen molar-refractivity contribution in [2.75, 3.05) is 27.2 Å². The summed E-state index contributed by atoms with van der Waals surface area (Å²) in [4.78, 5) is 2.33. The van der Waals surface area contributed by atoms with Crippen molar-refractivity contribution in [3.05, 3.63) is 30.0 Å². The maximum Gasteiger partial charge on any atom is 0.0843 e. The average molecular weight is 246 g/mol. The summed E-state index contributed by atoms with van der Waals surface area (Å²) >= 11 is 0. The molecule has 0 aliphatic carbocycles. The number of hydrogen-bond donors (Lipinski definition) is 1. The van der Waals surface area contributed by atoms with E-state index in [1.807, 2.05) is 18.8 Å². The van der Waals surface area contributed by atoms with Crippen molar-refractivity contribution in [1.82, 2.24) is 20.0 Å². The second-order valence-electron chi connectivity index (χ2n) is 4.78. The monoisotopic (exact) mass is 246 g/mol. The van der Waals surface area contributed by atoms with Gasteiger partial charge in [0.1, 0.15) is 0 Å². The molecule has 0 aliphatic rings. The van der Waals surface area contributed by atoms with Crippen LogP contribution in [0.2, 0.25) is 0 Å². The molecule has 0 atom stereocenters. The van der Waals surface area contributed by atoms with Crippen LogP contribution in [-0.4, -0.2) is 41.9 Å². The zero-order valence-electron chi connectivity index (χ0n) is 11.5. The molecule has 18 heavy (non-hydrogen) atoms. The molecule has 1 N–H and O–H groups in total. The summed E-state index contributed by atoms with van der Waals surface area (Å²) in [6.45, 7) is 3.06. The zero-order valence-corrected chi connectivity index (χ0v) is 11.5. The van der Waals surface area contributed by atoms with Gasteiger partial charge >= 0.3 is 0 Å². The molecule has 2 rings (SSSR count). The Labute approximate surface area is 109 Å². The molecule has 0 unspecified atom stereocenters. The first-order valence-electron chi connectivity index (χ1n) is 6.46. The normalized spacial score (nSPS) is 11.6. The summed E-state index contributed by atoms with van der Waals surface area (Å²) in [5.74, 6) is 0. The predicted octanol–water partition coefficient (Wildman–Crippen LogP) is 1.61. The minimum atomic E-state index is 0.908. The number of hydrogen-bond acceptors (Lipinski definition) is 3. The summed E-state index contributed by atoms with van der Waals surface area (Å²) in [5.41, 5.74) is 2.37. The Morgan fingerprint density at radius 2 is 2.11 bits per heavy atom. The molecule has 4 heteroatoms. The minimum absolute atomic E-state index is 0.908. The number of fused-ring (bicyclic) bond motifs is 1. The third kappa shape index (κ3) is 2.89. The minimum Gasteiger partial charge on any atom is -0.320 e. The average Bonchev–Trinajstić information content (AvgIpc) is 2.67. The number of nitrogens with one attached hydrogen (secondary N) is 1. The highest BCUT2D eigenvalue weighted by atomic mass is 15.3. The van der Waals surface area contributed by atoms with Gasteiger partial charge in [0.25, 0.3) is 0 Å². The van der Waals surface area contributed by atoms with E-state index in [2.05, 4.69) is 46.6 Å². The van der Waals surface area contributed by atoms with E-state index in [1.165, 1.54) is 16.6 Å². The van der Waals surface area contributed by atoms with Gasteiger partial charge in [0.2, 0.25) is 0 Å². The Hall–Kier alpha value is -1.39. The van der Waals surface area contributed by atoms with E-state index < -0.39 is 0 Å². The number of aryl methyl sites for hydroxylation is 1. The van der Waals surface area contributed by atoms with E-state index in [0.29, 0.717) is 0 Å². The smallest absolute Gasteiger partial charge is 0.0843 e. The first-order chi connectivity index (χ1) is 8.72. The lowest BCUT2D eigenvalue weighted by Crippen LogP contribution is -2.22. The van der Waals surface area contributed by atoms with Crippen molar-refractivity contribution in [3.8, 4) is 0 Å². The Balaban J connectivity index is 2.07. The molecule has 0 amide bonds. The molecule has 0 saturated carbocycles. The number of para-hydroxylation sites is 1. The van der Waals surface area contributed by atoms with Crippen molar-refractivity contribution in [2.24, 2.45) is 7.05 Å². The quantitative estimate of drug-likeness (QED) is 0.786. The molecule has 0 bridgehead atoms. The molecule has 1 aromatic carbocycles. The number of aromatic nitrogens is 2. The van der Waals surface area contributed by atoms with Gasteiger partial charge in [-0.15, -0.1) is 0 Å². The Morgan fingerprint density at radius 3 is 2.89 bits per heavy atom. The van der Waals surface area contributed by atoms with Gasteiger partial charge in [0.15, 0.2) is 0 Å². The summed E-state index contributed by atoms with van der Waals surface area (Å²) < 4.78 is 1.96. The molecule has 1 aromatic heterocycles. The van der Waals surface area contributed by atoms with Crippen molar-refractivity contribution >= 4 is 10.9 Å². The molecule has 0 fully saturated rings. The fourth-order valence-electron chi connectivity index (χ4n) is 2.27. The van der Waals surface area contributed by atoms with Crippen LogP contribution in [0.15, 0.2) is 24.3 Å².